The second-order valence-electron chi connectivity index (χ2n) is 3.58. The lowest BCUT2D eigenvalue weighted by atomic mass is 10.2. The molecule has 0 aliphatic carbocycles. The van der Waals surface area contributed by atoms with Crippen LogP contribution in [0.5, 0.6) is 0 Å². The average Bonchev–Trinajstić information content (AvgIpc) is 2.79. The van der Waals surface area contributed by atoms with Gasteiger partial charge < -0.3 is 5.11 Å². The molecule has 0 aliphatic heterocycles. The lowest BCUT2D eigenvalue weighted by Crippen LogP contribution is -1.95. The molecule has 0 spiro atoms. The summed E-state index contributed by atoms with van der Waals surface area (Å²) in [5.41, 5.74) is 1.32. The minimum Gasteiger partial charge on any atom is -0.396 e. The van der Waals surface area contributed by atoms with E-state index in [0.29, 0.717) is 18.5 Å². The molecule has 90 valence electrons. The van der Waals surface area contributed by atoms with Crippen LogP contribution in [0.15, 0.2) is 24.4 Å². The summed E-state index contributed by atoms with van der Waals surface area (Å²) >= 11 is 5.59. The van der Waals surface area contributed by atoms with Crippen molar-refractivity contribution in [1.29, 1.82) is 0 Å². The highest BCUT2D eigenvalue weighted by Crippen LogP contribution is 2.17. The third-order valence-electron chi connectivity index (χ3n) is 2.30. The van der Waals surface area contributed by atoms with Crippen molar-refractivity contribution in [1.82, 2.24) is 15.0 Å². The van der Waals surface area contributed by atoms with Crippen LogP contribution in [0.2, 0.25) is 5.02 Å². The van der Waals surface area contributed by atoms with E-state index in [1.54, 1.807) is 12.3 Å². The number of hydrogen-bond donors (Lipinski definition) is 1. The maximum Gasteiger partial charge on any atom is 0.143 e. The number of hydrogen-bond acceptors (Lipinski definition) is 3. The molecule has 0 radical (unpaired) electrons. The first kappa shape index (κ1) is 12.0. The van der Waals surface area contributed by atoms with Gasteiger partial charge in [0, 0.05) is 12.7 Å². The van der Waals surface area contributed by atoms with Crippen LogP contribution in [-0.2, 0) is 6.42 Å². The van der Waals surface area contributed by atoms with E-state index in [9.17, 15) is 4.39 Å². The van der Waals surface area contributed by atoms with Gasteiger partial charge in [0.25, 0.3) is 0 Å². The quantitative estimate of drug-likeness (QED) is 0.909. The molecule has 4 nitrogen and oxygen atoms in total. The van der Waals surface area contributed by atoms with Crippen molar-refractivity contribution < 1.29 is 9.50 Å². The van der Waals surface area contributed by atoms with Gasteiger partial charge in [0.15, 0.2) is 0 Å². The third kappa shape index (κ3) is 2.81. The second-order valence-corrected chi connectivity index (χ2v) is 3.99. The molecule has 1 heterocycles. The predicted molar refractivity (Wildman–Crippen MR) is 61.7 cm³/mol. The van der Waals surface area contributed by atoms with E-state index in [-0.39, 0.29) is 11.6 Å². The summed E-state index contributed by atoms with van der Waals surface area (Å²) in [6, 6.07) is 4.43. The van der Waals surface area contributed by atoms with E-state index in [0.717, 1.165) is 5.69 Å². The monoisotopic (exact) mass is 255 g/mol. The third-order valence-corrected chi connectivity index (χ3v) is 2.61. The zero-order chi connectivity index (χ0) is 12.3. The number of nitrogens with zero attached hydrogens (tertiary/aromatic N) is 3. The van der Waals surface area contributed by atoms with Gasteiger partial charge in [-0.3, -0.25) is 0 Å². The van der Waals surface area contributed by atoms with Gasteiger partial charge in [-0.25, -0.2) is 9.07 Å². The zero-order valence-corrected chi connectivity index (χ0v) is 9.73. The Hall–Kier alpha value is -1.46. The summed E-state index contributed by atoms with van der Waals surface area (Å²) in [7, 11) is 0. The number of aliphatic hydroxyl groups excluding tert-OH is 1. The highest BCUT2D eigenvalue weighted by molar-refractivity contribution is 6.30. The Kier molecular flexibility index (Phi) is 3.71. The maximum atomic E-state index is 13.2. The summed E-state index contributed by atoms with van der Waals surface area (Å²) in [5.74, 6) is -0.489. The Morgan fingerprint density at radius 2 is 2.24 bits per heavy atom. The van der Waals surface area contributed by atoms with E-state index < -0.39 is 5.82 Å². The first-order valence-electron chi connectivity index (χ1n) is 5.18. The topological polar surface area (TPSA) is 50.9 Å². The number of rotatable bonds is 4. The van der Waals surface area contributed by atoms with Crippen molar-refractivity contribution in [2.75, 3.05) is 6.61 Å². The van der Waals surface area contributed by atoms with E-state index in [1.165, 1.54) is 16.8 Å². The summed E-state index contributed by atoms with van der Waals surface area (Å²) in [4.78, 5) is 0. The highest BCUT2D eigenvalue weighted by atomic mass is 35.5. The predicted octanol–water partition coefficient (Wildman–Crippen LogP) is 1.98. The van der Waals surface area contributed by atoms with Gasteiger partial charge in [0.1, 0.15) is 5.82 Å². The smallest absolute Gasteiger partial charge is 0.143 e. The molecule has 0 atom stereocenters. The van der Waals surface area contributed by atoms with E-state index in [4.69, 9.17) is 16.7 Å². The molecule has 2 rings (SSSR count). The Morgan fingerprint density at radius 1 is 1.41 bits per heavy atom. The minimum absolute atomic E-state index is 0.0781. The summed E-state index contributed by atoms with van der Waals surface area (Å²) < 4.78 is 14.7. The van der Waals surface area contributed by atoms with Crippen LogP contribution < -0.4 is 0 Å². The Labute approximate surface area is 103 Å². The zero-order valence-electron chi connectivity index (χ0n) is 8.98. The molecule has 2 aromatic rings. The molecule has 1 aromatic carbocycles. The molecule has 1 N–H and O–H groups in total. The molecule has 6 heteroatoms. The average molecular weight is 256 g/mol. The maximum absolute atomic E-state index is 13.2. The first-order valence-corrected chi connectivity index (χ1v) is 5.56. The SMILES string of the molecule is OCCCc1cn(-c2ccc(Cl)c(F)c2)nn1. The number of benzene rings is 1. The van der Waals surface area contributed by atoms with Crippen LogP contribution in [0.3, 0.4) is 0 Å². The van der Waals surface area contributed by atoms with Gasteiger partial charge in [-0.15, -0.1) is 5.10 Å². The summed E-state index contributed by atoms with van der Waals surface area (Å²) in [6.45, 7) is 0.114. The molecule has 0 bridgehead atoms. The highest BCUT2D eigenvalue weighted by Gasteiger charge is 2.05. The Bertz CT molecular complexity index is 515. The van der Waals surface area contributed by atoms with Crippen molar-refractivity contribution in [3.8, 4) is 5.69 Å². The van der Waals surface area contributed by atoms with Crippen LogP contribution in [0, 0.1) is 5.82 Å². The van der Waals surface area contributed by atoms with Gasteiger partial charge >= 0.3 is 0 Å². The minimum atomic E-state index is -0.489. The standard InChI is InChI=1S/C11H11ClFN3O/c12-10-4-3-9(6-11(10)13)16-7-8(14-15-16)2-1-5-17/h3-4,6-7,17H,1-2,5H2. The van der Waals surface area contributed by atoms with Crippen LogP contribution >= 0.6 is 11.6 Å². The normalized spacial score (nSPS) is 10.8. The number of aliphatic hydroxyl groups is 1. The van der Waals surface area contributed by atoms with Crippen LogP contribution in [0.4, 0.5) is 4.39 Å². The molecule has 0 aliphatic rings. The van der Waals surface area contributed by atoms with Crippen molar-refractivity contribution in [3.05, 3.63) is 40.9 Å². The van der Waals surface area contributed by atoms with Crippen LogP contribution in [0.1, 0.15) is 12.1 Å². The lowest BCUT2D eigenvalue weighted by Gasteiger charge is -2.00. The fourth-order valence-corrected chi connectivity index (χ4v) is 1.54. The molecular formula is C11H11ClFN3O. The van der Waals surface area contributed by atoms with Gasteiger partial charge in [0.05, 0.1) is 22.6 Å². The van der Waals surface area contributed by atoms with Crippen molar-refractivity contribution in [3.63, 3.8) is 0 Å². The van der Waals surface area contributed by atoms with E-state index in [2.05, 4.69) is 10.3 Å². The van der Waals surface area contributed by atoms with E-state index in [1.807, 2.05) is 0 Å². The van der Waals surface area contributed by atoms with Crippen LogP contribution in [-0.4, -0.2) is 26.7 Å². The first-order chi connectivity index (χ1) is 8.20. The molecule has 0 saturated heterocycles. The molecule has 0 fully saturated rings. The molecule has 17 heavy (non-hydrogen) atoms. The van der Waals surface area contributed by atoms with Gasteiger partial charge in [-0.05, 0) is 25.0 Å². The Balaban J connectivity index is 2.21. The van der Waals surface area contributed by atoms with Crippen molar-refractivity contribution in [2.45, 2.75) is 12.8 Å². The lowest BCUT2D eigenvalue weighted by molar-refractivity contribution is 0.288. The molecular weight excluding hydrogens is 245 g/mol. The summed E-state index contributed by atoms with van der Waals surface area (Å²) in [6.07, 6.45) is 2.98. The number of halogens is 2. The number of aromatic nitrogens is 3. The largest absolute Gasteiger partial charge is 0.396 e. The fraction of sp³-hybridized carbons (Fsp3) is 0.273. The van der Waals surface area contributed by atoms with Gasteiger partial charge in [-0.1, -0.05) is 16.8 Å². The summed E-state index contributed by atoms with van der Waals surface area (Å²) in [5, 5.41) is 16.6. The van der Waals surface area contributed by atoms with Crippen molar-refractivity contribution in [2.24, 2.45) is 0 Å². The van der Waals surface area contributed by atoms with E-state index >= 15 is 0 Å². The second kappa shape index (κ2) is 5.25. The van der Waals surface area contributed by atoms with Crippen molar-refractivity contribution >= 4 is 11.6 Å². The van der Waals surface area contributed by atoms with Gasteiger partial charge in [0.2, 0.25) is 0 Å². The van der Waals surface area contributed by atoms with Gasteiger partial charge in [-0.2, -0.15) is 0 Å². The fourth-order valence-electron chi connectivity index (χ4n) is 1.43. The molecule has 0 amide bonds. The Morgan fingerprint density at radius 3 is 2.94 bits per heavy atom. The molecule has 0 unspecified atom stereocenters. The van der Waals surface area contributed by atoms with Crippen LogP contribution in [0.25, 0.3) is 5.69 Å². The molecule has 1 aromatic heterocycles. The molecule has 0 saturated carbocycles. The number of aryl methyl sites for hydroxylation is 1.